The third-order valence-electron chi connectivity index (χ3n) is 7.43. The number of amides is 3. The number of nitrogens with zero attached hydrogens (tertiary/aromatic N) is 10. The van der Waals surface area contributed by atoms with Gasteiger partial charge in [0.05, 0.1) is 38.7 Å². The maximum absolute atomic E-state index is 14.3. The average molecular weight is 581 g/mol. The first-order chi connectivity index (χ1) is 20.9. The highest BCUT2D eigenvalue weighted by atomic mass is 16.5. The molecule has 0 N–H and O–H groups in total. The standard InChI is InChI=1S/C29H28N10O4/c1-29(17-20-14-15-23(42-2)24(16-20)43-3)27(40)36(18-25-30-32-34-38(25)21-10-6-4-7-11-21)28(41)37(29)19-26-31-33-35-39(26)22-12-8-5-9-13-22/h4-16H,17-19H2,1-3H3/t29-/m1/s1. The lowest BCUT2D eigenvalue weighted by atomic mass is 9.91. The smallest absolute Gasteiger partial charge is 0.328 e. The van der Waals surface area contributed by atoms with Gasteiger partial charge >= 0.3 is 6.03 Å². The Hall–Kier alpha value is -5.66. The van der Waals surface area contributed by atoms with Crippen LogP contribution in [0.15, 0.2) is 78.9 Å². The van der Waals surface area contributed by atoms with Crippen molar-refractivity contribution in [3.05, 3.63) is 96.1 Å². The van der Waals surface area contributed by atoms with Crippen molar-refractivity contribution in [1.82, 2.24) is 50.2 Å². The Balaban J connectivity index is 1.38. The van der Waals surface area contributed by atoms with Crippen molar-refractivity contribution in [2.24, 2.45) is 0 Å². The fourth-order valence-corrected chi connectivity index (χ4v) is 5.22. The summed E-state index contributed by atoms with van der Waals surface area (Å²) in [5.41, 5.74) is 0.884. The molecule has 1 aliphatic heterocycles. The monoisotopic (exact) mass is 580 g/mol. The van der Waals surface area contributed by atoms with E-state index in [9.17, 15) is 9.59 Å². The molecule has 14 nitrogen and oxygen atoms in total. The quantitative estimate of drug-likeness (QED) is 0.226. The molecule has 2 aromatic heterocycles. The molecule has 3 aromatic carbocycles. The molecule has 43 heavy (non-hydrogen) atoms. The number of hydrogen-bond donors (Lipinski definition) is 0. The van der Waals surface area contributed by atoms with Gasteiger partial charge in [-0.25, -0.2) is 4.79 Å². The van der Waals surface area contributed by atoms with Gasteiger partial charge in [-0.3, -0.25) is 9.69 Å². The minimum absolute atomic E-state index is 0.0314. The van der Waals surface area contributed by atoms with Crippen molar-refractivity contribution >= 4 is 11.9 Å². The van der Waals surface area contributed by atoms with Gasteiger partial charge in [0, 0.05) is 6.42 Å². The second kappa shape index (κ2) is 11.3. The molecular weight excluding hydrogens is 552 g/mol. The molecule has 6 rings (SSSR count). The Kier molecular flexibility index (Phi) is 7.24. The zero-order valence-corrected chi connectivity index (χ0v) is 23.7. The van der Waals surface area contributed by atoms with Crippen LogP contribution >= 0.6 is 0 Å². The molecule has 1 aliphatic rings. The maximum atomic E-state index is 14.3. The van der Waals surface area contributed by atoms with Gasteiger partial charge in [0.1, 0.15) is 5.54 Å². The van der Waals surface area contributed by atoms with Crippen LogP contribution < -0.4 is 9.47 Å². The number of aromatic nitrogens is 8. The van der Waals surface area contributed by atoms with Crippen LogP contribution in [0.25, 0.3) is 11.4 Å². The molecule has 0 aliphatic carbocycles. The largest absolute Gasteiger partial charge is 0.493 e. The summed E-state index contributed by atoms with van der Waals surface area (Å²) in [6.45, 7) is 1.57. The number of para-hydroxylation sites is 2. The van der Waals surface area contributed by atoms with Crippen molar-refractivity contribution in [2.75, 3.05) is 14.2 Å². The molecule has 0 saturated carbocycles. The van der Waals surface area contributed by atoms with Gasteiger partial charge < -0.3 is 14.4 Å². The van der Waals surface area contributed by atoms with Gasteiger partial charge in [-0.2, -0.15) is 9.36 Å². The summed E-state index contributed by atoms with van der Waals surface area (Å²) >= 11 is 0. The lowest BCUT2D eigenvalue weighted by Gasteiger charge is -2.31. The number of carbonyl (C=O) groups is 2. The zero-order valence-electron chi connectivity index (χ0n) is 23.7. The molecule has 5 aromatic rings. The molecular formula is C29H28N10O4. The Bertz CT molecular complexity index is 1760. The van der Waals surface area contributed by atoms with Crippen molar-refractivity contribution in [3.63, 3.8) is 0 Å². The highest BCUT2D eigenvalue weighted by Crippen LogP contribution is 2.36. The third kappa shape index (κ3) is 5.03. The Morgan fingerprint density at radius 1 is 0.721 bits per heavy atom. The molecule has 3 heterocycles. The molecule has 1 saturated heterocycles. The number of urea groups is 1. The van der Waals surface area contributed by atoms with Crippen LogP contribution in [-0.4, -0.2) is 81.9 Å². The van der Waals surface area contributed by atoms with Crippen molar-refractivity contribution in [3.8, 4) is 22.9 Å². The Morgan fingerprint density at radius 3 is 1.84 bits per heavy atom. The number of tetrazole rings is 2. The summed E-state index contributed by atoms with van der Waals surface area (Å²) in [5.74, 6) is 1.38. The minimum Gasteiger partial charge on any atom is -0.493 e. The van der Waals surface area contributed by atoms with E-state index in [0.717, 1.165) is 11.3 Å². The van der Waals surface area contributed by atoms with E-state index in [4.69, 9.17) is 9.47 Å². The number of imide groups is 1. The molecule has 1 atom stereocenters. The van der Waals surface area contributed by atoms with Gasteiger partial charge in [0.15, 0.2) is 23.1 Å². The van der Waals surface area contributed by atoms with Gasteiger partial charge in [-0.15, -0.1) is 10.2 Å². The highest BCUT2D eigenvalue weighted by molar-refractivity contribution is 6.06. The van der Waals surface area contributed by atoms with Crippen molar-refractivity contribution < 1.29 is 19.1 Å². The van der Waals surface area contributed by atoms with Crippen LogP contribution in [0.3, 0.4) is 0 Å². The topological polar surface area (TPSA) is 146 Å². The first-order valence-electron chi connectivity index (χ1n) is 13.4. The van der Waals surface area contributed by atoms with Crippen LogP contribution in [0.5, 0.6) is 11.5 Å². The summed E-state index contributed by atoms with van der Waals surface area (Å²) in [7, 11) is 3.10. The molecule has 14 heteroatoms. The second-order valence-corrected chi connectivity index (χ2v) is 10.1. The fourth-order valence-electron chi connectivity index (χ4n) is 5.22. The summed E-state index contributed by atoms with van der Waals surface area (Å²) in [4.78, 5) is 31.0. The van der Waals surface area contributed by atoms with Gasteiger partial charge in [-0.1, -0.05) is 42.5 Å². The number of ether oxygens (including phenoxy) is 2. The predicted molar refractivity (Wildman–Crippen MR) is 151 cm³/mol. The SMILES string of the molecule is COc1ccc(C[C@]2(C)C(=O)N(Cc3nnnn3-c3ccccc3)C(=O)N2Cc2nnnn2-c2ccccc2)cc1OC. The van der Waals surface area contributed by atoms with Crippen molar-refractivity contribution in [1.29, 1.82) is 0 Å². The molecule has 0 radical (unpaired) electrons. The van der Waals surface area contributed by atoms with E-state index < -0.39 is 17.5 Å². The van der Waals surface area contributed by atoms with Crippen LogP contribution in [0.4, 0.5) is 4.79 Å². The number of methoxy groups -OCH3 is 2. The Morgan fingerprint density at radius 2 is 1.28 bits per heavy atom. The molecule has 0 bridgehead atoms. The van der Waals surface area contributed by atoms with E-state index in [1.165, 1.54) is 14.5 Å². The first kappa shape index (κ1) is 27.5. The summed E-state index contributed by atoms with van der Waals surface area (Å²) in [6.07, 6.45) is 0.185. The lowest BCUT2D eigenvalue weighted by molar-refractivity contribution is -0.133. The van der Waals surface area contributed by atoms with Crippen LogP contribution in [0, 0.1) is 0 Å². The third-order valence-corrected chi connectivity index (χ3v) is 7.43. The fraction of sp³-hybridized carbons (Fsp3) is 0.241. The highest BCUT2D eigenvalue weighted by Gasteiger charge is 2.55. The van der Waals surface area contributed by atoms with Gasteiger partial charge in [0.2, 0.25) is 0 Å². The number of carbonyl (C=O) groups excluding carboxylic acids is 2. The minimum atomic E-state index is -1.31. The van der Waals surface area contributed by atoms with E-state index in [2.05, 4.69) is 31.1 Å². The van der Waals surface area contributed by atoms with Crippen molar-refractivity contribution in [2.45, 2.75) is 32.0 Å². The van der Waals surface area contributed by atoms with E-state index in [1.54, 1.807) is 38.0 Å². The molecule has 0 unspecified atom stereocenters. The second-order valence-electron chi connectivity index (χ2n) is 10.1. The van der Waals surface area contributed by atoms with Gasteiger partial charge in [0.25, 0.3) is 5.91 Å². The van der Waals surface area contributed by atoms with E-state index in [1.807, 2.05) is 66.7 Å². The summed E-state index contributed by atoms with van der Waals surface area (Å²) in [6, 6.07) is 23.5. The number of hydrogen-bond acceptors (Lipinski definition) is 10. The normalized spacial score (nSPS) is 16.6. The predicted octanol–water partition coefficient (Wildman–Crippen LogP) is 2.62. The average Bonchev–Trinajstić information content (AvgIpc) is 3.75. The zero-order chi connectivity index (χ0) is 30.0. The van der Waals surface area contributed by atoms with E-state index in [0.29, 0.717) is 28.8 Å². The lowest BCUT2D eigenvalue weighted by Crippen LogP contribution is -2.48. The molecule has 3 amide bonds. The summed E-state index contributed by atoms with van der Waals surface area (Å²) in [5, 5.41) is 24.2. The molecule has 218 valence electrons. The van der Waals surface area contributed by atoms with Crippen LogP contribution in [0.1, 0.15) is 24.1 Å². The van der Waals surface area contributed by atoms with Crippen LogP contribution in [0.2, 0.25) is 0 Å². The van der Waals surface area contributed by atoms with E-state index >= 15 is 0 Å². The maximum Gasteiger partial charge on any atom is 0.328 e. The number of rotatable bonds is 10. The molecule has 1 fully saturated rings. The number of benzene rings is 3. The van der Waals surface area contributed by atoms with Crippen LogP contribution in [-0.2, 0) is 24.3 Å². The Labute approximate surface area is 246 Å². The summed E-state index contributed by atoms with van der Waals surface area (Å²) < 4.78 is 13.9. The molecule has 0 spiro atoms. The van der Waals surface area contributed by atoms with E-state index in [-0.39, 0.29) is 19.5 Å². The van der Waals surface area contributed by atoms with Gasteiger partial charge in [-0.05, 0) is 69.7 Å². The first-order valence-corrected chi connectivity index (χ1v) is 13.4.